The van der Waals surface area contributed by atoms with Crippen LogP contribution in [-0.4, -0.2) is 64.2 Å². The van der Waals surface area contributed by atoms with Crippen LogP contribution in [0.4, 0.5) is 0 Å². The lowest BCUT2D eigenvalue weighted by Crippen LogP contribution is -2.31. The molecule has 0 aliphatic heterocycles. The van der Waals surface area contributed by atoms with E-state index < -0.39 is 25.8 Å². The largest absolute Gasteiger partial charge is 0.380 e. The third-order valence-corrected chi connectivity index (χ3v) is 9.94. The summed E-state index contributed by atoms with van der Waals surface area (Å²) in [6.07, 6.45) is 2.80. The van der Waals surface area contributed by atoms with Crippen LogP contribution in [-0.2, 0) is 31.1 Å². The number of fused-ring (bicyclic) bond motifs is 1. The van der Waals surface area contributed by atoms with Gasteiger partial charge in [-0.3, -0.25) is 4.79 Å². The average Bonchev–Trinajstić information content (AvgIpc) is 3.20. The van der Waals surface area contributed by atoms with E-state index in [1.54, 1.807) is 19.1 Å². The molecule has 202 valence electrons. The molecule has 0 atom stereocenters. The minimum atomic E-state index is -3.65. The molecule has 0 aliphatic carbocycles. The van der Waals surface area contributed by atoms with Gasteiger partial charge in [0.1, 0.15) is 0 Å². The van der Waals surface area contributed by atoms with Gasteiger partial charge in [0.25, 0.3) is 5.91 Å². The molecule has 37 heavy (non-hydrogen) atoms. The number of aromatic nitrogens is 1. The first-order valence-corrected chi connectivity index (χ1v) is 16.3. The van der Waals surface area contributed by atoms with Gasteiger partial charge >= 0.3 is 0 Å². The topological polar surface area (TPSA) is 115 Å². The number of hydrogen-bond acceptors (Lipinski definition) is 7. The van der Waals surface area contributed by atoms with Gasteiger partial charge in [-0.2, -0.15) is 9.30 Å². The number of thiazole rings is 1. The maximum absolute atomic E-state index is 13.0. The first kappa shape index (κ1) is 29.2. The van der Waals surface area contributed by atoms with Crippen LogP contribution in [0, 0.1) is 0 Å². The Hall–Kier alpha value is -2.38. The summed E-state index contributed by atoms with van der Waals surface area (Å²) in [5.41, 5.74) is 0.998. The number of rotatable bonds is 12. The lowest BCUT2D eigenvalue weighted by Gasteiger charge is -2.20. The van der Waals surface area contributed by atoms with Gasteiger partial charge in [-0.15, -0.1) is 0 Å². The van der Waals surface area contributed by atoms with E-state index in [9.17, 15) is 21.6 Å². The van der Waals surface area contributed by atoms with Gasteiger partial charge < -0.3 is 9.30 Å². The monoisotopic (exact) mass is 567 g/mol. The molecular weight excluding hydrogens is 534 g/mol. The molecule has 0 unspecified atom stereocenters. The molecule has 0 radical (unpaired) electrons. The molecule has 2 aromatic carbocycles. The van der Waals surface area contributed by atoms with E-state index in [4.69, 9.17) is 4.74 Å². The Kier molecular flexibility index (Phi) is 9.81. The van der Waals surface area contributed by atoms with Crippen LogP contribution in [0.2, 0.25) is 0 Å². The number of sulfone groups is 1. The molecule has 0 saturated heterocycles. The van der Waals surface area contributed by atoms with Gasteiger partial charge in [0.15, 0.2) is 14.6 Å². The predicted octanol–water partition coefficient (Wildman–Crippen LogP) is 3.69. The highest BCUT2D eigenvalue weighted by Crippen LogP contribution is 2.22. The molecule has 12 heteroatoms. The van der Waals surface area contributed by atoms with Crippen molar-refractivity contribution >= 4 is 47.3 Å². The van der Waals surface area contributed by atoms with Crippen LogP contribution in [0.3, 0.4) is 0 Å². The molecule has 1 aromatic heterocycles. The van der Waals surface area contributed by atoms with Crippen molar-refractivity contribution in [2.45, 2.75) is 49.9 Å². The molecule has 1 heterocycles. The standard InChI is InChI=1S/C25H33N3O6S3/c1-5-8-15-27(6-2)37(32,33)20-11-9-19(10-12-20)24(29)26-25-28(16-17-34-7-3)22-14-13-21(36(4,30)31)18-23(22)35-25/h9-14,18H,5-8,15-17H2,1-4H3. The van der Waals surface area contributed by atoms with Crippen LogP contribution >= 0.6 is 11.3 Å². The molecule has 0 fully saturated rings. The normalized spacial score (nSPS) is 13.1. The molecule has 0 saturated carbocycles. The van der Waals surface area contributed by atoms with Gasteiger partial charge in [0.2, 0.25) is 10.0 Å². The fourth-order valence-corrected chi connectivity index (χ4v) is 7.04. The molecule has 0 bridgehead atoms. The fourth-order valence-electron chi connectivity index (χ4n) is 3.74. The maximum atomic E-state index is 13.0. The number of ether oxygens (including phenoxy) is 1. The van der Waals surface area contributed by atoms with Crippen molar-refractivity contribution in [3.63, 3.8) is 0 Å². The van der Waals surface area contributed by atoms with Crippen LogP contribution in [0.25, 0.3) is 10.2 Å². The van der Waals surface area contributed by atoms with Crippen LogP contribution in [0.15, 0.2) is 57.2 Å². The second-order valence-electron chi connectivity index (χ2n) is 8.43. The zero-order chi connectivity index (χ0) is 27.2. The zero-order valence-corrected chi connectivity index (χ0v) is 24.0. The number of amides is 1. The highest BCUT2D eigenvalue weighted by atomic mass is 32.2. The van der Waals surface area contributed by atoms with E-state index in [1.807, 2.05) is 18.4 Å². The zero-order valence-electron chi connectivity index (χ0n) is 21.5. The second-order valence-corrected chi connectivity index (χ2v) is 13.4. The van der Waals surface area contributed by atoms with E-state index in [1.165, 1.54) is 46.0 Å². The minimum Gasteiger partial charge on any atom is -0.380 e. The van der Waals surface area contributed by atoms with Crippen LogP contribution < -0.4 is 4.80 Å². The third kappa shape index (κ3) is 6.94. The summed E-state index contributed by atoms with van der Waals surface area (Å²) in [6, 6.07) is 10.6. The Morgan fingerprint density at radius 1 is 1.03 bits per heavy atom. The van der Waals surface area contributed by atoms with Crippen molar-refractivity contribution in [1.29, 1.82) is 0 Å². The Balaban J connectivity index is 1.98. The van der Waals surface area contributed by atoms with Crippen LogP contribution in [0.5, 0.6) is 0 Å². The van der Waals surface area contributed by atoms with Crippen LogP contribution in [0.1, 0.15) is 44.0 Å². The molecule has 9 nitrogen and oxygen atoms in total. The predicted molar refractivity (Wildman–Crippen MR) is 145 cm³/mol. The summed E-state index contributed by atoms with van der Waals surface area (Å²) in [6.45, 7) is 7.87. The number of carbonyl (C=O) groups excluding carboxylic acids is 1. The summed E-state index contributed by atoms with van der Waals surface area (Å²) in [4.78, 5) is 18.0. The smallest absolute Gasteiger partial charge is 0.279 e. The summed E-state index contributed by atoms with van der Waals surface area (Å²) < 4.78 is 59.4. The molecule has 3 rings (SSSR count). The highest BCUT2D eigenvalue weighted by molar-refractivity contribution is 7.90. The van der Waals surface area contributed by atoms with Crippen molar-refractivity contribution in [2.24, 2.45) is 4.99 Å². The fraction of sp³-hybridized carbons (Fsp3) is 0.440. The maximum Gasteiger partial charge on any atom is 0.279 e. The molecule has 0 aliphatic rings. The molecule has 3 aromatic rings. The third-order valence-electron chi connectivity index (χ3n) is 5.80. The quantitative estimate of drug-likeness (QED) is 0.308. The number of sulfonamides is 1. The summed E-state index contributed by atoms with van der Waals surface area (Å²) >= 11 is 1.21. The molecule has 0 N–H and O–H groups in total. The number of unbranched alkanes of at least 4 members (excludes halogenated alkanes) is 1. The first-order valence-electron chi connectivity index (χ1n) is 12.1. The van der Waals surface area contributed by atoms with Gasteiger partial charge in [-0.25, -0.2) is 16.8 Å². The Bertz CT molecular complexity index is 1520. The SMILES string of the molecule is CCCCN(CC)S(=O)(=O)c1ccc(C(=O)N=c2sc3cc(S(C)(=O)=O)ccc3n2CCOCC)cc1. The molecule has 0 spiro atoms. The van der Waals surface area contributed by atoms with Crippen molar-refractivity contribution < 1.29 is 26.4 Å². The Labute approximate surface area is 222 Å². The average molecular weight is 568 g/mol. The lowest BCUT2D eigenvalue weighted by molar-refractivity contribution is 0.0996. The van der Waals surface area contributed by atoms with E-state index >= 15 is 0 Å². The van der Waals surface area contributed by atoms with E-state index in [-0.39, 0.29) is 15.4 Å². The summed E-state index contributed by atoms with van der Waals surface area (Å²) in [5.74, 6) is -0.526. The van der Waals surface area contributed by atoms with Gasteiger partial charge in [0, 0.05) is 38.1 Å². The number of nitrogens with zero attached hydrogens (tertiary/aromatic N) is 3. The van der Waals surface area contributed by atoms with Gasteiger partial charge in [-0.05, 0) is 55.8 Å². The summed E-state index contributed by atoms with van der Waals surface area (Å²) in [7, 11) is -7.04. The van der Waals surface area contributed by atoms with Crippen molar-refractivity contribution in [3.05, 3.63) is 52.8 Å². The Morgan fingerprint density at radius 3 is 2.30 bits per heavy atom. The van der Waals surface area contributed by atoms with Crippen molar-refractivity contribution in [3.8, 4) is 0 Å². The first-order chi connectivity index (χ1) is 17.5. The van der Waals surface area contributed by atoms with Crippen molar-refractivity contribution in [1.82, 2.24) is 8.87 Å². The van der Waals surface area contributed by atoms with Crippen molar-refractivity contribution in [2.75, 3.05) is 32.6 Å². The summed E-state index contributed by atoms with van der Waals surface area (Å²) in [5, 5.41) is 0. The number of hydrogen-bond donors (Lipinski definition) is 0. The van der Waals surface area contributed by atoms with Gasteiger partial charge in [0.05, 0.1) is 26.6 Å². The number of benzene rings is 2. The van der Waals surface area contributed by atoms with E-state index in [2.05, 4.69) is 4.99 Å². The second kappa shape index (κ2) is 12.4. The Morgan fingerprint density at radius 2 is 1.70 bits per heavy atom. The van der Waals surface area contributed by atoms with Gasteiger partial charge in [-0.1, -0.05) is 31.6 Å². The number of carbonyl (C=O) groups is 1. The van der Waals surface area contributed by atoms with E-state index in [0.29, 0.717) is 42.3 Å². The van der Waals surface area contributed by atoms with E-state index in [0.717, 1.165) is 24.6 Å². The molecule has 1 amide bonds. The highest BCUT2D eigenvalue weighted by Gasteiger charge is 2.23. The lowest BCUT2D eigenvalue weighted by atomic mass is 10.2. The molecular formula is C25H33N3O6S3. The minimum absolute atomic E-state index is 0.129.